The monoisotopic (exact) mass is 386 g/mol. The number of unbranched alkanes of at least 4 members (excludes halogenated alkanes) is 15. The SMILES string of the molecule is CCCCCCCCCCCCCCCCCCOCC(C)(CO)COC. The first-order valence-corrected chi connectivity index (χ1v) is 11.9. The highest BCUT2D eigenvalue weighted by molar-refractivity contribution is 4.71. The van der Waals surface area contributed by atoms with Crippen molar-refractivity contribution in [3.63, 3.8) is 0 Å². The number of hydrogen-bond donors (Lipinski definition) is 1. The van der Waals surface area contributed by atoms with Gasteiger partial charge in [-0.3, -0.25) is 0 Å². The van der Waals surface area contributed by atoms with E-state index in [1.807, 2.05) is 6.92 Å². The molecule has 27 heavy (non-hydrogen) atoms. The smallest absolute Gasteiger partial charge is 0.0563 e. The summed E-state index contributed by atoms with van der Waals surface area (Å²) in [7, 11) is 1.67. The summed E-state index contributed by atoms with van der Waals surface area (Å²) in [5.74, 6) is 0. The molecule has 0 aromatic rings. The number of aliphatic hydroxyl groups is 1. The molecular weight excluding hydrogens is 336 g/mol. The van der Waals surface area contributed by atoms with E-state index in [9.17, 15) is 5.11 Å². The van der Waals surface area contributed by atoms with Crippen LogP contribution in [0.2, 0.25) is 0 Å². The number of methoxy groups -OCH3 is 1. The second kappa shape index (κ2) is 20.6. The molecule has 0 aromatic carbocycles. The molecule has 3 heteroatoms. The predicted molar refractivity (Wildman–Crippen MR) is 117 cm³/mol. The van der Waals surface area contributed by atoms with Crippen molar-refractivity contribution in [2.75, 3.05) is 33.5 Å². The summed E-state index contributed by atoms with van der Waals surface area (Å²) in [6, 6.07) is 0. The Labute approximate surface area is 170 Å². The maximum atomic E-state index is 9.40. The van der Waals surface area contributed by atoms with Crippen molar-refractivity contribution < 1.29 is 14.6 Å². The van der Waals surface area contributed by atoms with Crippen LogP contribution in [0.15, 0.2) is 0 Å². The van der Waals surface area contributed by atoms with Crippen LogP contribution in [-0.4, -0.2) is 38.6 Å². The third kappa shape index (κ3) is 19.0. The standard InChI is InChI=1S/C24H50O3/c1-4-5-6-7-8-9-10-11-12-13-14-15-16-17-18-19-20-27-23-24(2,21-25)22-26-3/h25H,4-23H2,1-3H3. The van der Waals surface area contributed by atoms with E-state index in [-0.39, 0.29) is 12.0 Å². The van der Waals surface area contributed by atoms with E-state index in [1.165, 1.54) is 96.3 Å². The zero-order valence-electron chi connectivity index (χ0n) is 18.9. The van der Waals surface area contributed by atoms with Crippen LogP contribution in [0.4, 0.5) is 0 Å². The van der Waals surface area contributed by atoms with Crippen LogP contribution in [0, 0.1) is 5.41 Å². The molecule has 0 aliphatic carbocycles. The van der Waals surface area contributed by atoms with Gasteiger partial charge in [-0.05, 0) is 6.42 Å². The second-order valence-corrected chi connectivity index (χ2v) is 8.76. The van der Waals surface area contributed by atoms with Gasteiger partial charge in [0.25, 0.3) is 0 Å². The van der Waals surface area contributed by atoms with Gasteiger partial charge in [0.05, 0.1) is 19.8 Å². The first-order valence-electron chi connectivity index (χ1n) is 11.9. The highest BCUT2D eigenvalue weighted by atomic mass is 16.5. The van der Waals surface area contributed by atoms with Crippen molar-refractivity contribution in [2.45, 2.75) is 117 Å². The summed E-state index contributed by atoms with van der Waals surface area (Å²) in [5, 5.41) is 9.40. The quantitative estimate of drug-likeness (QED) is 0.205. The molecule has 1 unspecified atom stereocenters. The fourth-order valence-corrected chi connectivity index (χ4v) is 3.55. The van der Waals surface area contributed by atoms with Crippen molar-refractivity contribution in [3.05, 3.63) is 0 Å². The topological polar surface area (TPSA) is 38.7 Å². The normalized spacial score (nSPS) is 13.8. The molecule has 0 bridgehead atoms. The molecule has 0 saturated carbocycles. The molecule has 0 rings (SSSR count). The Hall–Kier alpha value is -0.120. The maximum Gasteiger partial charge on any atom is 0.0563 e. The zero-order chi connectivity index (χ0) is 20.1. The van der Waals surface area contributed by atoms with Gasteiger partial charge in [0.2, 0.25) is 0 Å². The van der Waals surface area contributed by atoms with Gasteiger partial charge in [-0.1, -0.05) is 110 Å². The summed E-state index contributed by atoms with van der Waals surface area (Å²) in [4.78, 5) is 0. The van der Waals surface area contributed by atoms with Crippen molar-refractivity contribution in [1.82, 2.24) is 0 Å². The average Bonchev–Trinajstić information content (AvgIpc) is 2.67. The Balaban J connectivity index is 3.17. The summed E-state index contributed by atoms with van der Waals surface area (Å²) < 4.78 is 10.9. The van der Waals surface area contributed by atoms with Gasteiger partial charge >= 0.3 is 0 Å². The third-order valence-electron chi connectivity index (χ3n) is 5.47. The molecule has 3 nitrogen and oxygen atoms in total. The summed E-state index contributed by atoms with van der Waals surface area (Å²) in [5.41, 5.74) is -0.260. The van der Waals surface area contributed by atoms with Crippen LogP contribution in [0.1, 0.15) is 117 Å². The van der Waals surface area contributed by atoms with Crippen molar-refractivity contribution in [2.24, 2.45) is 5.41 Å². The van der Waals surface area contributed by atoms with Gasteiger partial charge in [0, 0.05) is 19.1 Å². The van der Waals surface area contributed by atoms with Crippen LogP contribution < -0.4 is 0 Å². The van der Waals surface area contributed by atoms with E-state index < -0.39 is 0 Å². The van der Waals surface area contributed by atoms with Crippen LogP contribution >= 0.6 is 0 Å². The average molecular weight is 387 g/mol. The lowest BCUT2D eigenvalue weighted by atomic mass is 9.94. The van der Waals surface area contributed by atoms with E-state index in [4.69, 9.17) is 9.47 Å². The van der Waals surface area contributed by atoms with Gasteiger partial charge < -0.3 is 14.6 Å². The first-order chi connectivity index (χ1) is 13.2. The van der Waals surface area contributed by atoms with Gasteiger partial charge in [0.1, 0.15) is 0 Å². The number of aliphatic hydroxyl groups excluding tert-OH is 1. The molecule has 0 aliphatic rings. The molecule has 0 heterocycles. The Morgan fingerprint density at radius 2 is 1.04 bits per heavy atom. The first kappa shape index (κ1) is 26.9. The lowest BCUT2D eigenvalue weighted by Crippen LogP contribution is -2.32. The van der Waals surface area contributed by atoms with E-state index >= 15 is 0 Å². The molecule has 1 atom stereocenters. The fraction of sp³-hybridized carbons (Fsp3) is 1.00. The van der Waals surface area contributed by atoms with Crippen LogP contribution in [0.5, 0.6) is 0 Å². The van der Waals surface area contributed by atoms with Crippen LogP contribution in [0.3, 0.4) is 0 Å². The molecular formula is C24H50O3. The van der Waals surface area contributed by atoms with Gasteiger partial charge in [-0.2, -0.15) is 0 Å². The molecule has 0 spiro atoms. The summed E-state index contributed by atoms with van der Waals surface area (Å²) in [6.45, 7) is 6.33. The fourth-order valence-electron chi connectivity index (χ4n) is 3.55. The Morgan fingerprint density at radius 3 is 1.41 bits per heavy atom. The molecule has 0 amide bonds. The molecule has 164 valence electrons. The molecule has 0 fully saturated rings. The summed E-state index contributed by atoms with van der Waals surface area (Å²) in [6.07, 6.45) is 22.2. The van der Waals surface area contributed by atoms with Gasteiger partial charge in [-0.15, -0.1) is 0 Å². The van der Waals surface area contributed by atoms with Crippen LogP contribution in [0.25, 0.3) is 0 Å². The van der Waals surface area contributed by atoms with E-state index in [0.717, 1.165) is 13.0 Å². The minimum atomic E-state index is -0.260. The van der Waals surface area contributed by atoms with Crippen LogP contribution in [-0.2, 0) is 9.47 Å². The lowest BCUT2D eigenvalue weighted by molar-refractivity contribution is -0.0291. The molecule has 0 saturated heterocycles. The Morgan fingerprint density at radius 1 is 0.630 bits per heavy atom. The third-order valence-corrected chi connectivity index (χ3v) is 5.47. The predicted octanol–water partition coefficient (Wildman–Crippen LogP) is 6.91. The minimum Gasteiger partial charge on any atom is -0.396 e. The zero-order valence-corrected chi connectivity index (χ0v) is 18.9. The van der Waals surface area contributed by atoms with E-state index in [2.05, 4.69) is 6.92 Å². The van der Waals surface area contributed by atoms with E-state index in [1.54, 1.807) is 7.11 Å². The number of hydrogen-bond acceptors (Lipinski definition) is 3. The Bertz CT molecular complexity index is 283. The molecule has 0 aromatic heterocycles. The van der Waals surface area contributed by atoms with E-state index in [0.29, 0.717) is 13.2 Å². The Kier molecular flexibility index (Phi) is 20.5. The molecule has 0 aliphatic heterocycles. The summed E-state index contributed by atoms with van der Waals surface area (Å²) >= 11 is 0. The van der Waals surface area contributed by atoms with Crippen molar-refractivity contribution in [1.29, 1.82) is 0 Å². The molecule has 1 N–H and O–H groups in total. The van der Waals surface area contributed by atoms with Gasteiger partial charge in [-0.25, -0.2) is 0 Å². The highest BCUT2D eigenvalue weighted by Gasteiger charge is 2.23. The minimum absolute atomic E-state index is 0.111. The second-order valence-electron chi connectivity index (χ2n) is 8.76. The maximum absolute atomic E-state index is 9.40. The highest BCUT2D eigenvalue weighted by Crippen LogP contribution is 2.17. The van der Waals surface area contributed by atoms with Crippen molar-refractivity contribution in [3.8, 4) is 0 Å². The lowest BCUT2D eigenvalue weighted by Gasteiger charge is -2.25. The molecule has 0 radical (unpaired) electrons. The number of rotatable bonds is 22. The largest absolute Gasteiger partial charge is 0.396 e. The number of ether oxygens (including phenoxy) is 2. The van der Waals surface area contributed by atoms with Gasteiger partial charge in [0.15, 0.2) is 0 Å². The van der Waals surface area contributed by atoms with Crippen molar-refractivity contribution >= 4 is 0 Å².